The number of rotatable bonds is 9. The second-order valence-electron chi connectivity index (χ2n) is 3.56. The van der Waals surface area contributed by atoms with Crippen molar-refractivity contribution < 1.29 is 33.3 Å². The summed E-state index contributed by atoms with van der Waals surface area (Å²) in [6, 6.07) is 0. The summed E-state index contributed by atoms with van der Waals surface area (Å²) in [7, 11) is 1.34. The summed E-state index contributed by atoms with van der Waals surface area (Å²) in [4.78, 5) is 34.0. The number of carbonyl (C=O) groups excluding carboxylic acids is 3. The molecule has 0 atom stereocenters. The molecule has 0 aliphatic heterocycles. The number of carbonyl (C=O) groups is 3. The zero-order valence-corrected chi connectivity index (χ0v) is 11.5. The highest BCUT2D eigenvalue weighted by Crippen LogP contribution is 2.08. The molecule has 0 bridgehead atoms. The molecule has 0 aliphatic rings. The van der Waals surface area contributed by atoms with Gasteiger partial charge in [0.25, 0.3) is 0 Å². The normalized spacial score (nSPS) is 10.1. The Labute approximate surface area is 112 Å². The maximum absolute atomic E-state index is 11.3. The molecule has 0 spiro atoms. The van der Waals surface area contributed by atoms with Crippen molar-refractivity contribution in [2.75, 3.05) is 26.9 Å². The van der Waals surface area contributed by atoms with E-state index in [9.17, 15) is 14.4 Å². The maximum atomic E-state index is 11.3. The molecule has 0 aliphatic carbocycles. The third kappa shape index (κ3) is 9.01. The Bertz CT molecular complexity index is 253. The van der Waals surface area contributed by atoms with Crippen LogP contribution in [0.15, 0.2) is 0 Å². The monoisotopic (exact) mass is 276 g/mol. The zero-order chi connectivity index (χ0) is 14.7. The van der Waals surface area contributed by atoms with E-state index in [2.05, 4.69) is 4.74 Å². The summed E-state index contributed by atoms with van der Waals surface area (Å²) in [5, 5.41) is 0. The number of hydrogen-bond donors (Lipinski definition) is 0. The number of methoxy groups -OCH3 is 1. The Hall–Kier alpha value is -1.63. The zero-order valence-electron chi connectivity index (χ0n) is 11.5. The van der Waals surface area contributed by atoms with E-state index >= 15 is 0 Å². The van der Waals surface area contributed by atoms with Crippen molar-refractivity contribution in [3.63, 3.8) is 0 Å². The SMILES string of the molecule is CCOC(=O)CC(CC(=O)OCC)OC(=O)COC. The van der Waals surface area contributed by atoms with Crippen LogP contribution in [-0.2, 0) is 33.3 Å². The second-order valence-corrected chi connectivity index (χ2v) is 3.56. The van der Waals surface area contributed by atoms with Crippen molar-refractivity contribution in [1.29, 1.82) is 0 Å². The van der Waals surface area contributed by atoms with Crippen LogP contribution in [0, 0.1) is 0 Å². The van der Waals surface area contributed by atoms with E-state index in [4.69, 9.17) is 14.2 Å². The largest absolute Gasteiger partial charge is 0.466 e. The molecule has 0 aromatic carbocycles. The topological polar surface area (TPSA) is 88.1 Å². The lowest BCUT2D eigenvalue weighted by Crippen LogP contribution is -2.27. The molecule has 0 saturated carbocycles. The Balaban J connectivity index is 4.40. The van der Waals surface area contributed by atoms with Crippen LogP contribution in [0.25, 0.3) is 0 Å². The quantitative estimate of drug-likeness (QED) is 0.446. The van der Waals surface area contributed by atoms with Gasteiger partial charge in [0.15, 0.2) is 0 Å². The maximum Gasteiger partial charge on any atom is 0.332 e. The summed E-state index contributed by atoms with van der Waals surface area (Å²) < 4.78 is 19.0. The smallest absolute Gasteiger partial charge is 0.332 e. The van der Waals surface area contributed by atoms with Crippen molar-refractivity contribution in [2.24, 2.45) is 0 Å². The van der Waals surface area contributed by atoms with E-state index in [1.165, 1.54) is 7.11 Å². The first-order valence-corrected chi connectivity index (χ1v) is 6.03. The van der Waals surface area contributed by atoms with Crippen LogP contribution in [0.3, 0.4) is 0 Å². The van der Waals surface area contributed by atoms with E-state index in [0.29, 0.717) is 0 Å². The van der Waals surface area contributed by atoms with Gasteiger partial charge in [-0.05, 0) is 13.8 Å². The third-order valence-electron chi connectivity index (χ3n) is 1.96. The third-order valence-corrected chi connectivity index (χ3v) is 1.96. The van der Waals surface area contributed by atoms with Gasteiger partial charge in [-0.3, -0.25) is 9.59 Å². The average molecular weight is 276 g/mol. The fourth-order valence-electron chi connectivity index (χ4n) is 1.30. The van der Waals surface area contributed by atoms with Gasteiger partial charge in [-0.25, -0.2) is 4.79 Å². The second kappa shape index (κ2) is 10.3. The number of ether oxygens (including phenoxy) is 4. The molecule has 0 saturated heterocycles. The molecule has 110 valence electrons. The van der Waals surface area contributed by atoms with Gasteiger partial charge in [-0.1, -0.05) is 0 Å². The van der Waals surface area contributed by atoms with Gasteiger partial charge in [-0.2, -0.15) is 0 Å². The molecule has 7 nitrogen and oxygen atoms in total. The first-order chi connectivity index (χ1) is 9.03. The predicted molar refractivity (Wildman–Crippen MR) is 64.3 cm³/mol. The van der Waals surface area contributed by atoms with Crippen LogP contribution in [0.4, 0.5) is 0 Å². The fourth-order valence-corrected chi connectivity index (χ4v) is 1.30. The first-order valence-electron chi connectivity index (χ1n) is 6.03. The molecule has 0 radical (unpaired) electrons. The average Bonchev–Trinajstić information content (AvgIpc) is 2.29. The van der Waals surface area contributed by atoms with Crippen molar-refractivity contribution in [1.82, 2.24) is 0 Å². The minimum Gasteiger partial charge on any atom is -0.466 e. The molecule has 0 unspecified atom stereocenters. The Morgan fingerprint density at radius 1 is 0.895 bits per heavy atom. The van der Waals surface area contributed by atoms with Crippen LogP contribution in [0.1, 0.15) is 26.7 Å². The molecule has 19 heavy (non-hydrogen) atoms. The lowest BCUT2D eigenvalue weighted by Gasteiger charge is -2.16. The van der Waals surface area contributed by atoms with E-state index in [0.717, 1.165) is 0 Å². The van der Waals surface area contributed by atoms with Gasteiger partial charge in [0.05, 0.1) is 26.1 Å². The van der Waals surface area contributed by atoms with E-state index in [-0.39, 0.29) is 32.7 Å². The predicted octanol–water partition coefficient (Wildman–Crippen LogP) is 0.451. The van der Waals surface area contributed by atoms with Gasteiger partial charge >= 0.3 is 17.9 Å². The lowest BCUT2D eigenvalue weighted by molar-refractivity contribution is -0.161. The van der Waals surface area contributed by atoms with Crippen LogP contribution < -0.4 is 0 Å². The van der Waals surface area contributed by atoms with E-state index in [1.807, 2.05) is 0 Å². The van der Waals surface area contributed by atoms with E-state index in [1.54, 1.807) is 13.8 Å². The standard InChI is InChI=1S/C12H20O7/c1-4-17-10(13)6-9(7-11(14)18-5-2)19-12(15)8-16-3/h9H,4-8H2,1-3H3. The van der Waals surface area contributed by atoms with Crippen molar-refractivity contribution in [3.8, 4) is 0 Å². The molecule has 7 heteroatoms. The minimum atomic E-state index is -0.902. The Morgan fingerprint density at radius 2 is 1.37 bits per heavy atom. The van der Waals surface area contributed by atoms with Crippen molar-refractivity contribution >= 4 is 17.9 Å². The lowest BCUT2D eigenvalue weighted by atomic mass is 10.2. The molecule has 0 amide bonds. The van der Waals surface area contributed by atoms with Gasteiger partial charge in [0.2, 0.25) is 0 Å². The summed E-state index contributed by atoms with van der Waals surface area (Å²) in [5.74, 6) is -1.73. The van der Waals surface area contributed by atoms with Gasteiger partial charge in [0.1, 0.15) is 12.7 Å². The highest BCUT2D eigenvalue weighted by atomic mass is 16.6. The molecule has 0 aromatic heterocycles. The van der Waals surface area contributed by atoms with E-state index < -0.39 is 24.0 Å². The number of hydrogen-bond acceptors (Lipinski definition) is 7. The van der Waals surface area contributed by atoms with Crippen LogP contribution in [0.5, 0.6) is 0 Å². The van der Waals surface area contributed by atoms with Crippen molar-refractivity contribution in [3.05, 3.63) is 0 Å². The Kier molecular flexibility index (Phi) is 9.42. The minimum absolute atomic E-state index is 0.192. The molecular weight excluding hydrogens is 256 g/mol. The van der Waals surface area contributed by atoms with Crippen LogP contribution in [-0.4, -0.2) is 50.9 Å². The van der Waals surface area contributed by atoms with Gasteiger partial charge < -0.3 is 18.9 Å². The highest BCUT2D eigenvalue weighted by Gasteiger charge is 2.23. The summed E-state index contributed by atoms with van der Waals surface area (Å²) in [6.45, 7) is 3.51. The van der Waals surface area contributed by atoms with Crippen LogP contribution in [0.2, 0.25) is 0 Å². The molecule has 0 aromatic rings. The fraction of sp³-hybridized carbons (Fsp3) is 0.750. The van der Waals surface area contributed by atoms with Gasteiger partial charge in [0, 0.05) is 7.11 Å². The van der Waals surface area contributed by atoms with Crippen molar-refractivity contribution in [2.45, 2.75) is 32.8 Å². The molecule has 0 heterocycles. The molecule has 0 N–H and O–H groups in total. The molecule has 0 rings (SSSR count). The van der Waals surface area contributed by atoms with Gasteiger partial charge in [-0.15, -0.1) is 0 Å². The Morgan fingerprint density at radius 3 is 1.74 bits per heavy atom. The summed E-state index contributed by atoms with van der Waals surface area (Å²) >= 11 is 0. The summed E-state index contributed by atoms with van der Waals surface area (Å²) in [6.07, 6.45) is -1.29. The molecule has 0 fully saturated rings. The van der Waals surface area contributed by atoms with Crippen LogP contribution >= 0.6 is 0 Å². The number of esters is 3. The highest BCUT2D eigenvalue weighted by molar-refractivity contribution is 5.76. The molecular formula is C12H20O7. The summed E-state index contributed by atoms with van der Waals surface area (Å²) in [5.41, 5.74) is 0. The first kappa shape index (κ1) is 17.4.